The summed E-state index contributed by atoms with van der Waals surface area (Å²) in [6, 6.07) is 9.71. The zero-order chi connectivity index (χ0) is 19.7. The molecule has 4 nitrogen and oxygen atoms in total. The Bertz CT molecular complexity index is 1050. The predicted octanol–water partition coefficient (Wildman–Crippen LogP) is 5.43. The minimum absolute atomic E-state index is 0.0452. The highest BCUT2D eigenvalue weighted by Crippen LogP contribution is 2.28. The number of amides is 1. The summed E-state index contributed by atoms with van der Waals surface area (Å²) in [5.74, 6) is 0.761. The molecule has 0 saturated carbocycles. The Kier molecular flexibility index (Phi) is 5.38. The number of hydrogen-bond donors (Lipinski definition) is 1. The van der Waals surface area contributed by atoms with E-state index in [-0.39, 0.29) is 17.6 Å². The van der Waals surface area contributed by atoms with Crippen molar-refractivity contribution in [2.75, 3.05) is 13.1 Å². The van der Waals surface area contributed by atoms with E-state index in [9.17, 15) is 9.18 Å². The van der Waals surface area contributed by atoms with Gasteiger partial charge in [0.25, 0.3) is 0 Å². The van der Waals surface area contributed by atoms with E-state index < -0.39 is 0 Å². The second-order valence-electron chi connectivity index (χ2n) is 6.88. The molecule has 0 bridgehead atoms. The second-order valence-corrected chi connectivity index (χ2v) is 7.73. The molecule has 1 aliphatic heterocycles. The van der Waals surface area contributed by atoms with Gasteiger partial charge in [-0.1, -0.05) is 29.3 Å². The largest absolute Gasteiger partial charge is 0.342 e. The first-order chi connectivity index (χ1) is 13.5. The lowest BCUT2D eigenvalue weighted by Gasteiger charge is -2.30. The molecule has 0 atom stereocenters. The van der Waals surface area contributed by atoms with E-state index in [4.69, 9.17) is 23.2 Å². The fraction of sp³-hybridized carbons (Fsp3) is 0.238. The van der Waals surface area contributed by atoms with Gasteiger partial charge in [0.15, 0.2) is 0 Å². The topological polar surface area (TPSA) is 49.0 Å². The fourth-order valence-corrected chi connectivity index (χ4v) is 3.94. The first kappa shape index (κ1) is 19.0. The Hall–Kier alpha value is -2.37. The molecule has 1 amide bonds. The van der Waals surface area contributed by atoms with Crippen molar-refractivity contribution < 1.29 is 9.18 Å². The molecule has 1 aliphatic rings. The standard InChI is InChI=1S/C21H18Cl2FN3O/c22-15-3-1-13(17(23)11-15)2-6-20(28)27-9-7-14(8-10-27)21-25-18-5-4-16(24)12-19(18)26-21/h1-6,11-12,14H,7-10H2,(H,25,26)/b6-2+. The molecule has 4 rings (SSSR count). The summed E-state index contributed by atoms with van der Waals surface area (Å²) >= 11 is 12.0. The molecule has 144 valence electrons. The zero-order valence-corrected chi connectivity index (χ0v) is 16.5. The first-order valence-corrected chi connectivity index (χ1v) is 9.82. The average Bonchev–Trinajstić information content (AvgIpc) is 3.10. The molecule has 1 fully saturated rings. The minimum Gasteiger partial charge on any atom is -0.342 e. The van der Waals surface area contributed by atoms with Crippen LogP contribution in [0.3, 0.4) is 0 Å². The first-order valence-electron chi connectivity index (χ1n) is 9.07. The number of fused-ring (bicyclic) bond motifs is 1. The van der Waals surface area contributed by atoms with Crippen molar-refractivity contribution in [3.8, 4) is 0 Å². The monoisotopic (exact) mass is 417 g/mol. The molecule has 1 aromatic heterocycles. The van der Waals surface area contributed by atoms with Crippen molar-refractivity contribution >= 4 is 46.2 Å². The number of halogens is 3. The summed E-state index contributed by atoms with van der Waals surface area (Å²) < 4.78 is 13.4. The fourth-order valence-electron chi connectivity index (χ4n) is 3.47. The number of aromatic nitrogens is 2. The Morgan fingerprint density at radius 1 is 1.18 bits per heavy atom. The zero-order valence-electron chi connectivity index (χ0n) is 15.0. The van der Waals surface area contributed by atoms with Gasteiger partial charge in [0.2, 0.25) is 5.91 Å². The van der Waals surface area contributed by atoms with Crippen molar-refractivity contribution in [1.82, 2.24) is 14.9 Å². The summed E-state index contributed by atoms with van der Waals surface area (Å²) in [5, 5.41) is 1.07. The van der Waals surface area contributed by atoms with Gasteiger partial charge in [-0.05, 0) is 54.8 Å². The normalized spacial score (nSPS) is 15.6. The van der Waals surface area contributed by atoms with Crippen LogP contribution in [-0.2, 0) is 4.79 Å². The van der Waals surface area contributed by atoms with Gasteiger partial charge in [-0.2, -0.15) is 0 Å². The lowest BCUT2D eigenvalue weighted by Crippen LogP contribution is -2.37. The summed E-state index contributed by atoms with van der Waals surface area (Å²) in [6.07, 6.45) is 4.87. The van der Waals surface area contributed by atoms with Crippen LogP contribution in [0.25, 0.3) is 17.1 Å². The van der Waals surface area contributed by atoms with Gasteiger partial charge in [0.1, 0.15) is 11.6 Å². The number of benzene rings is 2. The Labute approximate surface area is 172 Å². The van der Waals surface area contributed by atoms with Crippen molar-refractivity contribution in [1.29, 1.82) is 0 Å². The third-order valence-corrected chi connectivity index (χ3v) is 5.59. The van der Waals surface area contributed by atoms with Crippen LogP contribution in [0.15, 0.2) is 42.5 Å². The van der Waals surface area contributed by atoms with Crippen LogP contribution in [0, 0.1) is 5.82 Å². The highest BCUT2D eigenvalue weighted by Gasteiger charge is 2.25. The van der Waals surface area contributed by atoms with Gasteiger partial charge < -0.3 is 9.88 Å². The number of nitrogens with zero attached hydrogens (tertiary/aromatic N) is 2. The van der Waals surface area contributed by atoms with E-state index in [0.29, 0.717) is 28.7 Å². The maximum Gasteiger partial charge on any atom is 0.246 e. The molecular formula is C21H18Cl2FN3O. The number of rotatable bonds is 3. The maximum absolute atomic E-state index is 13.4. The average molecular weight is 418 g/mol. The van der Waals surface area contributed by atoms with E-state index in [2.05, 4.69) is 9.97 Å². The third-order valence-electron chi connectivity index (χ3n) is 5.02. The molecule has 1 N–H and O–H groups in total. The number of carbonyl (C=O) groups excluding carboxylic acids is 1. The molecule has 1 saturated heterocycles. The number of H-pyrrole nitrogens is 1. The Morgan fingerprint density at radius 3 is 2.71 bits per heavy atom. The number of likely N-dealkylation sites (tertiary alicyclic amines) is 1. The number of hydrogen-bond acceptors (Lipinski definition) is 2. The lowest BCUT2D eigenvalue weighted by atomic mass is 9.96. The SMILES string of the molecule is O=C(/C=C/c1ccc(Cl)cc1Cl)N1CCC(c2nc3ccc(F)cc3[nH]2)CC1. The lowest BCUT2D eigenvalue weighted by molar-refractivity contribution is -0.127. The van der Waals surface area contributed by atoms with Crippen LogP contribution in [-0.4, -0.2) is 33.9 Å². The molecule has 2 heterocycles. The van der Waals surface area contributed by atoms with Crippen molar-refractivity contribution in [3.05, 3.63) is 69.7 Å². The smallest absolute Gasteiger partial charge is 0.246 e. The second kappa shape index (κ2) is 7.94. The summed E-state index contributed by atoms with van der Waals surface area (Å²) in [7, 11) is 0. The van der Waals surface area contributed by atoms with E-state index >= 15 is 0 Å². The van der Waals surface area contributed by atoms with E-state index in [1.165, 1.54) is 12.1 Å². The molecule has 7 heteroatoms. The number of piperidine rings is 1. The van der Waals surface area contributed by atoms with Crippen LogP contribution >= 0.6 is 23.2 Å². The van der Waals surface area contributed by atoms with Gasteiger partial charge in [-0.25, -0.2) is 9.37 Å². The number of imidazole rings is 1. The Balaban J connectivity index is 1.38. The molecule has 0 spiro atoms. The van der Waals surface area contributed by atoms with Gasteiger partial charge in [-0.3, -0.25) is 4.79 Å². The molecule has 0 unspecified atom stereocenters. The third kappa shape index (κ3) is 4.05. The number of aromatic amines is 1. The van der Waals surface area contributed by atoms with Crippen molar-refractivity contribution in [3.63, 3.8) is 0 Å². The van der Waals surface area contributed by atoms with Crippen molar-refractivity contribution in [2.45, 2.75) is 18.8 Å². The molecule has 3 aromatic rings. The van der Waals surface area contributed by atoms with Gasteiger partial charge >= 0.3 is 0 Å². The summed E-state index contributed by atoms with van der Waals surface area (Å²) in [4.78, 5) is 22.1. The van der Waals surface area contributed by atoms with E-state index in [0.717, 1.165) is 29.7 Å². The summed E-state index contributed by atoms with van der Waals surface area (Å²) in [6.45, 7) is 1.29. The van der Waals surface area contributed by atoms with Crippen molar-refractivity contribution in [2.24, 2.45) is 0 Å². The van der Waals surface area contributed by atoms with Crippen LogP contribution in [0.5, 0.6) is 0 Å². The van der Waals surface area contributed by atoms with E-state index in [1.807, 2.05) is 4.90 Å². The number of nitrogens with one attached hydrogen (secondary N) is 1. The van der Waals surface area contributed by atoms with Gasteiger partial charge in [0, 0.05) is 35.1 Å². The predicted molar refractivity (Wildman–Crippen MR) is 110 cm³/mol. The van der Waals surface area contributed by atoms with Crippen LogP contribution in [0.1, 0.15) is 30.1 Å². The maximum atomic E-state index is 13.4. The number of carbonyl (C=O) groups is 1. The van der Waals surface area contributed by atoms with Crippen LogP contribution in [0.4, 0.5) is 4.39 Å². The van der Waals surface area contributed by atoms with Crippen LogP contribution < -0.4 is 0 Å². The Morgan fingerprint density at radius 2 is 1.96 bits per heavy atom. The molecule has 28 heavy (non-hydrogen) atoms. The van der Waals surface area contributed by atoms with Gasteiger partial charge in [0.05, 0.1) is 11.0 Å². The minimum atomic E-state index is -0.282. The molecule has 0 radical (unpaired) electrons. The van der Waals surface area contributed by atoms with Crippen LogP contribution in [0.2, 0.25) is 10.0 Å². The highest BCUT2D eigenvalue weighted by molar-refractivity contribution is 6.35. The van der Waals surface area contributed by atoms with E-state index in [1.54, 1.807) is 36.4 Å². The van der Waals surface area contributed by atoms with Gasteiger partial charge in [-0.15, -0.1) is 0 Å². The highest BCUT2D eigenvalue weighted by atomic mass is 35.5. The molecule has 2 aromatic carbocycles. The molecule has 0 aliphatic carbocycles. The molecular weight excluding hydrogens is 400 g/mol. The summed E-state index contributed by atoms with van der Waals surface area (Å²) in [5.41, 5.74) is 2.22. The quantitative estimate of drug-likeness (QED) is 0.577.